The number of halogens is 1. The van der Waals surface area contributed by atoms with Crippen LogP contribution in [0.1, 0.15) is 5.56 Å². The maximum atomic E-state index is 10.8. The molecule has 16 heavy (non-hydrogen) atoms. The molecule has 1 aromatic rings. The van der Waals surface area contributed by atoms with Crippen LogP contribution in [0.3, 0.4) is 0 Å². The van der Waals surface area contributed by atoms with Gasteiger partial charge in [-0.3, -0.25) is 0 Å². The van der Waals surface area contributed by atoms with Gasteiger partial charge in [-0.2, -0.15) is 0 Å². The molecule has 2 N–H and O–H groups in total. The van der Waals surface area contributed by atoms with E-state index in [0.717, 1.165) is 0 Å². The molecule has 1 aromatic carbocycles. The number of hydrogen-bond acceptors (Lipinski definition) is 4. The molecule has 0 amide bonds. The van der Waals surface area contributed by atoms with Crippen LogP contribution in [0, 0.1) is 11.8 Å². The first-order chi connectivity index (χ1) is 7.58. The normalized spacial score (nSPS) is 8.94. The zero-order valence-electron chi connectivity index (χ0n) is 8.83. The van der Waals surface area contributed by atoms with Crippen molar-refractivity contribution in [2.24, 2.45) is 0 Å². The molecule has 0 aliphatic heterocycles. The fourth-order valence-electron chi connectivity index (χ4n) is 1.01. The Morgan fingerprint density at radius 2 is 2.12 bits per heavy atom. The molecule has 0 saturated heterocycles. The van der Waals surface area contributed by atoms with Crippen molar-refractivity contribution in [3.05, 3.63) is 22.7 Å². The highest BCUT2D eigenvalue weighted by atomic mass is 35.5. The number of carbonyl (C=O) groups excluding carboxylic acids is 1. The predicted octanol–water partition coefficient (Wildman–Crippen LogP) is 1.46. The van der Waals surface area contributed by atoms with E-state index in [1.54, 1.807) is 6.07 Å². The van der Waals surface area contributed by atoms with Crippen molar-refractivity contribution < 1.29 is 14.3 Å². The topological polar surface area (TPSA) is 61.5 Å². The Morgan fingerprint density at radius 3 is 2.69 bits per heavy atom. The first kappa shape index (κ1) is 12.2. The Balaban J connectivity index is 3.12. The first-order valence-corrected chi connectivity index (χ1v) is 4.69. The van der Waals surface area contributed by atoms with Crippen molar-refractivity contribution in [2.45, 2.75) is 0 Å². The van der Waals surface area contributed by atoms with E-state index in [1.165, 1.54) is 20.3 Å². The first-order valence-electron chi connectivity index (χ1n) is 4.31. The molecule has 0 aromatic heterocycles. The fourth-order valence-corrected chi connectivity index (χ4v) is 1.23. The van der Waals surface area contributed by atoms with Gasteiger partial charge < -0.3 is 15.2 Å². The van der Waals surface area contributed by atoms with Crippen LogP contribution in [-0.2, 0) is 9.53 Å². The van der Waals surface area contributed by atoms with Gasteiger partial charge in [-0.25, -0.2) is 4.79 Å². The van der Waals surface area contributed by atoms with E-state index in [0.29, 0.717) is 22.0 Å². The van der Waals surface area contributed by atoms with Crippen LogP contribution in [-0.4, -0.2) is 20.2 Å². The number of methoxy groups -OCH3 is 2. The highest BCUT2D eigenvalue weighted by Crippen LogP contribution is 2.28. The third-order valence-electron chi connectivity index (χ3n) is 1.80. The van der Waals surface area contributed by atoms with Gasteiger partial charge in [-0.05, 0) is 12.1 Å². The minimum atomic E-state index is -0.633. The minimum absolute atomic E-state index is 0.356. The van der Waals surface area contributed by atoms with Gasteiger partial charge in [-0.15, -0.1) is 0 Å². The fraction of sp³-hybridized carbons (Fsp3) is 0.182. The number of ether oxygens (including phenoxy) is 2. The zero-order valence-corrected chi connectivity index (χ0v) is 9.59. The Bertz CT molecular complexity index is 474. The smallest absolute Gasteiger partial charge is 0.384 e. The van der Waals surface area contributed by atoms with E-state index in [1.807, 2.05) is 0 Å². The van der Waals surface area contributed by atoms with Gasteiger partial charge in [0.05, 0.1) is 24.9 Å². The molecule has 0 aliphatic carbocycles. The minimum Gasteiger partial charge on any atom is -0.495 e. The van der Waals surface area contributed by atoms with Crippen molar-refractivity contribution in [1.29, 1.82) is 0 Å². The standard InChI is InChI=1S/C11H10ClNO3/c1-15-10-5-7(3-4-11(14)16-2)8(12)6-9(10)13/h5-6H,13H2,1-2H3. The molecule has 0 saturated carbocycles. The molecule has 0 aliphatic rings. The van der Waals surface area contributed by atoms with Crippen molar-refractivity contribution in [1.82, 2.24) is 0 Å². The molecule has 5 heteroatoms. The van der Waals surface area contributed by atoms with Crippen molar-refractivity contribution >= 4 is 23.3 Å². The Morgan fingerprint density at radius 1 is 1.44 bits per heavy atom. The lowest BCUT2D eigenvalue weighted by Gasteiger charge is -2.05. The van der Waals surface area contributed by atoms with Crippen LogP contribution < -0.4 is 10.5 Å². The van der Waals surface area contributed by atoms with Crippen molar-refractivity contribution in [2.75, 3.05) is 20.0 Å². The van der Waals surface area contributed by atoms with Crippen molar-refractivity contribution in [3.63, 3.8) is 0 Å². The SMILES string of the molecule is COC(=O)C#Cc1cc(OC)c(N)cc1Cl. The summed E-state index contributed by atoms with van der Waals surface area (Å²) in [6.45, 7) is 0. The second kappa shape index (κ2) is 5.29. The van der Waals surface area contributed by atoms with Gasteiger partial charge in [0.15, 0.2) is 0 Å². The van der Waals surface area contributed by atoms with Gasteiger partial charge in [0.1, 0.15) is 5.75 Å². The second-order valence-corrected chi connectivity index (χ2v) is 3.22. The van der Waals surface area contributed by atoms with Gasteiger partial charge in [0.25, 0.3) is 0 Å². The van der Waals surface area contributed by atoms with Crippen LogP contribution in [0.25, 0.3) is 0 Å². The summed E-state index contributed by atoms with van der Waals surface area (Å²) in [5.41, 5.74) is 6.50. The summed E-state index contributed by atoms with van der Waals surface area (Å²) in [5, 5.41) is 0.356. The molecule has 0 radical (unpaired) electrons. The monoisotopic (exact) mass is 239 g/mol. The number of nitrogen functional groups attached to an aromatic ring is 1. The largest absolute Gasteiger partial charge is 0.495 e. The summed E-state index contributed by atoms with van der Waals surface area (Å²) in [6, 6.07) is 3.08. The lowest BCUT2D eigenvalue weighted by atomic mass is 10.2. The van der Waals surface area contributed by atoms with E-state index < -0.39 is 5.97 Å². The molecule has 0 bridgehead atoms. The molecule has 4 nitrogen and oxygen atoms in total. The van der Waals surface area contributed by atoms with Crippen molar-refractivity contribution in [3.8, 4) is 17.6 Å². The zero-order chi connectivity index (χ0) is 12.1. The Labute approximate surface area is 98.3 Å². The van der Waals surface area contributed by atoms with E-state index in [9.17, 15) is 4.79 Å². The third kappa shape index (κ3) is 2.81. The van der Waals surface area contributed by atoms with E-state index in [4.69, 9.17) is 22.1 Å². The Kier molecular flexibility index (Phi) is 4.03. The number of anilines is 1. The summed E-state index contributed by atoms with van der Waals surface area (Å²) >= 11 is 5.89. The summed E-state index contributed by atoms with van der Waals surface area (Å²) in [4.78, 5) is 10.8. The summed E-state index contributed by atoms with van der Waals surface area (Å²) in [5.74, 6) is 4.67. The van der Waals surface area contributed by atoms with Gasteiger partial charge in [-0.1, -0.05) is 17.5 Å². The summed E-state index contributed by atoms with van der Waals surface area (Å²) < 4.78 is 9.39. The van der Waals surface area contributed by atoms with Crippen LogP contribution in [0.5, 0.6) is 5.75 Å². The summed E-state index contributed by atoms with van der Waals surface area (Å²) in [6.07, 6.45) is 0. The Hall–Kier alpha value is -1.86. The highest BCUT2D eigenvalue weighted by Gasteiger charge is 2.05. The maximum absolute atomic E-state index is 10.8. The number of benzene rings is 1. The van der Waals surface area contributed by atoms with E-state index >= 15 is 0 Å². The van der Waals surface area contributed by atoms with E-state index in [2.05, 4.69) is 16.6 Å². The number of hydrogen-bond donors (Lipinski definition) is 1. The molecule has 84 valence electrons. The van der Waals surface area contributed by atoms with Crippen LogP contribution >= 0.6 is 11.6 Å². The average Bonchev–Trinajstić information content (AvgIpc) is 2.27. The predicted molar refractivity (Wildman–Crippen MR) is 61.3 cm³/mol. The lowest BCUT2D eigenvalue weighted by Crippen LogP contribution is -1.96. The van der Waals surface area contributed by atoms with Crippen LogP contribution in [0.4, 0.5) is 5.69 Å². The quantitative estimate of drug-likeness (QED) is 0.458. The lowest BCUT2D eigenvalue weighted by molar-refractivity contribution is -0.133. The van der Waals surface area contributed by atoms with Crippen LogP contribution in [0.15, 0.2) is 12.1 Å². The van der Waals surface area contributed by atoms with Gasteiger partial charge >= 0.3 is 5.97 Å². The second-order valence-electron chi connectivity index (χ2n) is 2.82. The molecular formula is C11H10ClNO3. The highest BCUT2D eigenvalue weighted by molar-refractivity contribution is 6.32. The number of nitrogens with two attached hydrogens (primary N) is 1. The molecule has 1 rings (SSSR count). The summed E-state index contributed by atoms with van der Waals surface area (Å²) in [7, 11) is 2.74. The average molecular weight is 240 g/mol. The molecule has 0 heterocycles. The van der Waals surface area contributed by atoms with Crippen LogP contribution in [0.2, 0.25) is 5.02 Å². The number of rotatable bonds is 1. The number of carbonyl (C=O) groups is 1. The van der Waals surface area contributed by atoms with E-state index in [-0.39, 0.29) is 0 Å². The molecule has 0 fully saturated rings. The maximum Gasteiger partial charge on any atom is 0.384 e. The molecule has 0 atom stereocenters. The molecule has 0 unspecified atom stereocenters. The van der Waals surface area contributed by atoms with Gasteiger partial charge in [0, 0.05) is 11.5 Å². The molecule has 0 spiro atoms. The third-order valence-corrected chi connectivity index (χ3v) is 2.12. The molecular weight excluding hydrogens is 230 g/mol. The number of esters is 1. The van der Waals surface area contributed by atoms with Gasteiger partial charge in [0.2, 0.25) is 0 Å².